The summed E-state index contributed by atoms with van der Waals surface area (Å²) in [5.74, 6) is -0.334. The number of thiophene rings is 1. The van der Waals surface area contributed by atoms with Crippen molar-refractivity contribution in [1.29, 1.82) is 0 Å². The minimum Gasteiger partial charge on any atom is -0.321 e. The van der Waals surface area contributed by atoms with Crippen LogP contribution in [-0.2, 0) is 10.0 Å². The zero-order chi connectivity index (χ0) is 20.5. The van der Waals surface area contributed by atoms with Gasteiger partial charge in [-0.1, -0.05) is 23.8 Å². The molecule has 0 saturated heterocycles. The molecule has 2 aromatic carbocycles. The van der Waals surface area contributed by atoms with Crippen LogP contribution in [0.4, 0.5) is 11.4 Å². The molecule has 0 spiro atoms. The van der Waals surface area contributed by atoms with Crippen molar-refractivity contribution in [1.82, 2.24) is 0 Å². The molecule has 0 saturated carbocycles. The first-order chi connectivity index (χ1) is 13.2. The van der Waals surface area contributed by atoms with E-state index < -0.39 is 10.0 Å². The standard InChI is InChI=1S/C21H22N2O3S2/c1-14-5-9-18(10-6-14)28(25,26)23(4)19-11-12-27-20(19)21(24)22-17-8-7-15(2)16(3)13-17/h5-13H,1-4H3,(H,22,24). The Balaban J connectivity index is 1.88. The van der Waals surface area contributed by atoms with Crippen LogP contribution in [0.25, 0.3) is 0 Å². The first-order valence-electron chi connectivity index (χ1n) is 8.72. The van der Waals surface area contributed by atoms with Crippen LogP contribution in [0.15, 0.2) is 58.8 Å². The summed E-state index contributed by atoms with van der Waals surface area (Å²) in [5.41, 5.74) is 4.22. The van der Waals surface area contributed by atoms with Crippen LogP contribution >= 0.6 is 11.3 Å². The van der Waals surface area contributed by atoms with Gasteiger partial charge in [-0.15, -0.1) is 11.3 Å². The van der Waals surface area contributed by atoms with Gasteiger partial charge in [-0.3, -0.25) is 9.10 Å². The smallest absolute Gasteiger partial charge is 0.267 e. The molecular weight excluding hydrogens is 392 g/mol. The lowest BCUT2D eigenvalue weighted by atomic mass is 10.1. The molecule has 1 aromatic heterocycles. The molecule has 28 heavy (non-hydrogen) atoms. The van der Waals surface area contributed by atoms with Gasteiger partial charge < -0.3 is 5.32 Å². The maximum absolute atomic E-state index is 13.0. The van der Waals surface area contributed by atoms with Gasteiger partial charge >= 0.3 is 0 Å². The van der Waals surface area contributed by atoms with Crippen molar-refractivity contribution in [2.24, 2.45) is 0 Å². The summed E-state index contributed by atoms with van der Waals surface area (Å²) in [6.45, 7) is 5.88. The maximum Gasteiger partial charge on any atom is 0.267 e. The van der Waals surface area contributed by atoms with Crippen molar-refractivity contribution in [3.05, 3.63) is 75.5 Å². The topological polar surface area (TPSA) is 66.5 Å². The quantitative estimate of drug-likeness (QED) is 0.655. The van der Waals surface area contributed by atoms with Crippen molar-refractivity contribution < 1.29 is 13.2 Å². The molecule has 0 aliphatic heterocycles. The predicted molar refractivity (Wildman–Crippen MR) is 115 cm³/mol. The number of aryl methyl sites for hydroxylation is 3. The zero-order valence-electron chi connectivity index (χ0n) is 16.2. The first-order valence-corrected chi connectivity index (χ1v) is 11.0. The number of nitrogens with one attached hydrogen (secondary N) is 1. The Morgan fingerprint density at radius 2 is 1.64 bits per heavy atom. The number of anilines is 2. The van der Waals surface area contributed by atoms with Crippen LogP contribution < -0.4 is 9.62 Å². The van der Waals surface area contributed by atoms with Gasteiger partial charge in [-0.2, -0.15) is 0 Å². The molecule has 1 N–H and O–H groups in total. The normalized spacial score (nSPS) is 11.3. The van der Waals surface area contributed by atoms with Crippen LogP contribution in [-0.4, -0.2) is 21.4 Å². The minimum absolute atomic E-state index is 0.187. The molecule has 0 aliphatic rings. The maximum atomic E-state index is 13.0. The number of amides is 1. The number of carbonyl (C=O) groups excluding carboxylic acids is 1. The fourth-order valence-electron chi connectivity index (χ4n) is 2.73. The minimum atomic E-state index is -3.76. The van der Waals surface area contributed by atoms with Crippen LogP contribution in [0.5, 0.6) is 0 Å². The molecule has 1 heterocycles. The van der Waals surface area contributed by atoms with E-state index in [1.807, 2.05) is 39.0 Å². The average molecular weight is 415 g/mol. The average Bonchev–Trinajstić information content (AvgIpc) is 3.14. The number of benzene rings is 2. The van der Waals surface area contributed by atoms with Crippen molar-refractivity contribution in [2.45, 2.75) is 25.7 Å². The Morgan fingerprint density at radius 3 is 2.29 bits per heavy atom. The molecule has 0 unspecified atom stereocenters. The van der Waals surface area contributed by atoms with E-state index in [2.05, 4.69) is 5.32 Å². The van der Waals surface area contributed by atoms with E-state index in [9.17, 15) is 13.2 Å². The Kier molecular flexibility index (Phi) is 5.58. The Morgan fingerprint density at radius 1 is 0.964 bits per heavy atom. The summed E-state index contributed by atoms with van der Waals surface area (Å²) in [4.78, 5) is 13.3. The molecule has 1 amide bonds. The Hall–Kier alpha value is -2.64. The number of hydrogen-bond donors (Lipinski definition) is 1. The fourth-order valence-corrected chi connectivity index (χ4v) is 4.81. The highest BCUT2D eigenvalue weighted by Gasteiger charge is 2.26. The molecule has 0 aliphatic carbocycles. The molecule has 0 atom stereocenters. The third-order valence-corrected chi connectivity index (χ3v) is 7.32. The molecule has 3 aromatic rings. The molecular formula is C21H22N2O3S2. The number of sulfonamides is 1. The van der Waals surface area contributed by atoms with Gasteiger partial charge in [0.1, 0.15) is 4.88 Å². The summed E-state index contributed by atoms with van der Waals surface area (Å²) in [6, 6.07) is 14.0. The van der Waals surface area contributed by atoms with E-state index in [1.165, 1.54) is 18.4 Å². The summed E-state index contributed by atoms with van der Waals surface area (Å²) < 4.78 is 27.1. The van der Waals surface area contributed by atoms with Gasteiger partial charge in [0.25, 0.3) is 15.9 Å². The highest BCUT2D eigenvalue weighted by molar-refractivity contribution is 7.92. The van der Waals surface area contributed by atoms with E-state index in [1.54, 1.807) is 35.7 Å². The monoisotopic (exact) mass is 414 g/mol. The third kappa shape index (κ3) is 3.95. The predicted octanol–water partition coefficient (Wildman–Crippen LogP) is 4.75. The first kappa shape index (κ1) is 20.1. The van der Waals surface area contributed by atoms with Crippen LogP contribution in [0.3, 0.4) is 0 Å². The second-order valence-corrected chi connectivity index (χ2v) is 9.56. The van der Waals surface area contributed by atoms with Gasteiger partial charge in [0.05, 0.1) is 10.6 Å². The molecule has 5 nitrogen and oxygen atoms in total. The molecule has 0 bridgehead atoms. The van der Waals surface area contributed by atoms with Gasteiger partial charge in [0.15, 0.2) is 0 Å². The van der Waals surface area contributed by atoms with Crippen molar-refractivity contribution in [2.75, 3.05) is 16.7 Å². The highest BCUT2D eigenvalue weighted by atomic mass is 32.2. The van der Waals surface area contributed by atoms with E-state index in [4.69, 9.17) is 0 Å². The molecule has 0 radical (unpaired) electrons. The van der Waals surface area contributed by atoms with Crippen LogP contribution in [0.2, 0.25) is 0 Å². The molecule has 3 rings (SSSR count). The lowest BCUT2D eigenvalue weighted by molar-refractivity contribution is 0.103. The van der Waals surface area contributed by atoms with E-state index in [0.29, 0.717) is 16.3 Å². The molecule has 146 valence electrons. The van der Waals surface area contributed by atoms with Crippen LogP contribution in [0, 0.1) is 20.8 Å². The second-order valence-electron chi connectivity index (χ2n) is 6.67. The van der Waals surface area contributed by atoms with E-state index >= 15 is 0 Å². The summed E-state index contributed by atoms with van der Waals surface area (Å²) in [7, 11) is -2.30. The largest absolute Gasteiger partial charge is 0.321 e. The van der Waals surface area contributed by atoms with Crippen molar-refractivity contribution in [3.63, 3.8) is 0 Å². The van der Waals surface area contributed by atoms with E-state index in [-0.39, 0.29) is 10.8 Å². The van der Waals surface area contributed by atoms with Gasteiger partial charge in [-0.05, 0) is 67.6 Å². The SMILES string of the molecule is Cc1ccc(S(=O)(=O)N(C)c2ccsc2C(=O)Nc2ccc(C)c(C)c2)cc1. The summed E-state index contributed by atoms with van der Waals surface area (Å²) >= 11 is 1.21. The lowest BCUT2D eigenvalue weighted by Crippen LogP contribution is -2.28. The second kappa shape index (κ2) is 7.77. The third-order valence-electron chi connectivity index (χ3n) is 4.63. The number of nitrogens with zero attached hydrogens (tertiary/aromatic N) is 1. The highest BCUT2D eigenvalue weighted by Crippen LogP contribution is 2.30. The van der Waals surface area contributed by atoms with Gasteiger partial charge in [0.2, 0.25) is 0 Å². The molecule has 7 heteroatoms. The summed E-state index contributed by atoms with van der Waals surface area (Å²) in [6.07, 6.45) is 0. The number of hydrogen-bond acceptors (Lipinski definition) is 4. The Bertz CT molecular complexity index is 1120. The van der Waals surface area contributed by atoms with Crippen molar-refractivity contribution >= 4 is 38.6 Å². The zero-order valence-corrected chi connectivity index (χ0v) is 17.8. The number of rotatable bonds is 5. The van der Waals surface area contributed by atoms with Gasteiger partial charge in [0, 0.05) is 12.7 Å². The fraction of sp³-hybridized carbons (Fsp3) is 0.190. The lowest BCUT2D eigenvalue weighted by Gasteiger charge is -2.20. The van der Waals surface area contributed by atoms with Crippen LogP contribution in [0.1, 0.15) is 26.4 Å². The Labute approximate surface area is 169 Å². The van der Waals surface area contributed by atoms with Gasteiger partial charge in [-0.25, -0.2) is 8.42 Å². The van der Waals surface area contributed by atoms with E-state index in [0.717, 1.165) is 21.0 Å². The van der Waals surface area contributed by atoms with Crippen molar-refractivity contribution in [3.8, 4) is 0 Å². The number of carbonyl (C=O) groups is 1. The summed E-state index contributed by atoms with van der Waals surface area (Å²) in [5, 5.41) is 4.57. The molecule has 0 fully saturated rings.